The van der Waals surface area contributed by atoms with Crippen molar-refractivity contribution in [3.63, 3.8) is 0 Å². The van der Waals surface area contributed by atoms with Crippen molar-refractivity contribution in [2.75, 3.05) is 26.3 Å². The lowest BCUT2D eigenvalue weighted by molar-refractivity contribution is 0.0274. The lowest BCUT2D eigenvalue weighted by atomic mass is 9.84. The van der Waals surface area contributed by atoms with E-state index >= 15 is 0 Å². The normalized spacial score (nSPS) is 20.2. The summed E-state index contributed by atoms with van der Waals surface area (Å²) in [6.45, 7) is 10.4. The Labute approximate surface area is 132 Å². The number of ether oxygens (including phenoxy) is 1. The van der Waals surface area contributed by atoms with Gasteiger partial charge in [0, 0.05) is 38.5 Å². The molecule has 0 N–H and O–H groups in total. The topological polar surface area (TPSA) is 47.4 Å². The van der Waals surface area contributed by atoms with Gasteiger partial charge in [0.15, 0.2) is 0 Å². The summed E-state index contributed by atoms with van der Waals surface area (Å²) >= 11 is 0. The molecular formula is C17H27N3O2. The lowest BCUT2D eigenvalue weighted by Gasteiger charge is -2.41. The summed E-state index contributed by atoms with van der Waals surface area (Å²) in [5.41, 5.74) is 2.67. The van der Waals surface area contributed by atoms with Gasteiger partial charge in [-0.05, 0) is 51.9 Å². The maximum Gasteiger partial charge on any atom is 0.257 e. The van der Waals surface area contributed by atoms with Crippen molar-refractivity contribution in [1.29, 1.82) is 0 Å². The molecule has 1 aromatic rings. The molecule has 22 heavy (non-hydrogen) atoms. The Balaban J connectivity index is 1.56. The van der Waals surface area contributed by atoms with E-state index < -0.39 is 0 Å². The van der Waals surface area contributed by atoms with Crippen LogP contribution in [0.15, 0.2) is 0 Å². The molecule has 0 aromatic carbocycles. The second-order valence-corrected chi connectivity index (χ2v) is 6.73. The molecule has 0 bridgehead atoms. The van der Waals surface area contributed by atoms with E-state index in [9.17, 15) is 4.79 Å². The van der Waals surface area contributed by atoms with E-state index in [4.69, 9.17) is 4.74 Å². The Kier molecular flexibility index (Phi) is 4.52. The van der Waals surface area contributed by atoms with Gasteiger partial charge in [-0.2, -0.15) is 5.10 Å². The summed E-state index contributed by atoms with van der Waals surface area (Å²) < 4.78 is 7.33. The van der Waals surface area contributed by atoms with Crippen molar-refractivity contribution >= 4 is 5.91 Å². The summed E-state index contributed by atoms with van der Waals surface area (Å²) in [6.07, 6.45) is 3.62. The van der Waals surface area contributed by atoms with E-state index in [1.807, 2.05) is 23.4 Å². The van der Waals surface area contributed by atoms with Crippen molar-refractivity contribution in [2.24, 2.45) is 11.8 Å². The first-order valence-corrected chi connectivity index (χ1v) is 8.51. The summed E-state index contributed by atoms with van der Waals surface area (Å²) in [6, 6.07) is 0. The SMILES string of the molecule is CCn1nc(C)c(C(=O)N2CC(CC3CCOCC3)C2)c1C. The molecule has 0 saturated carbocycles. The number of carbonyl (C=O) groups excluding carboxylic acids is 1. The van der Waals surface area contributed by atoms with E-state index in [2.05, 4.69) is 12.0 Å². The zero-order valence-corrected chi connectivity index (χ0v) is 14.0. The Morgan fingerprint density at radius 2 is 1.91 bits per heavy atom. The molecule has 5 nitrogen and oxygen atoms in total. The van der Waals surface area contributed by atoms with Crippen molar-refractivity contribution in [3.05, 3.63) is 17.0 Å². The second-order valence-electron chi connectivity index (χ2n) is 6.73. The summed E-state index contributed by atoms with van der Waals surface area (Å²) in [7, 11) is 0. The number of nitrogens with zero attached hydrogens (tertiary/aromatic N) is 3. The molecule has 0 aliphatic carbocycles. The third kappa shape index (κ3) is 2.91. The summed E-state index contributed by atoms with van der Waals surface area (Å²) in [4.78, 5) is 14.7. The highest BCUT2D eigenvalue weighted by molar-refractivity contribution is 5.96. The van der Waals surface area contributed by atoms with Crippen molar-refractivity contribution < 1.29 is 9.53 Å². The van der Waals surface area contributed by atoms with Crippen LogP contribution in [0.3, 0.4) is 0 Å². The number of amides is 1. The molecular weight excluding hydrogens is 278 g/mol. The number of carbonyl (C=O) groups is 1. The maximum atomic E-state index is 12.7. The molecule has 0 unspecified atom stereocenters. The molecule has 2 aliphatic heterocycles. The number of likely N-dealkylation sites (tertiary alicyclic amines) is 1. The van der Waals surface area contributed by atoms with E-state index in [1.54, 1.807) is 0 Å². The highest BCUT2D eigenvalue weighted by atomic mass is 16.5. The zero-order chi connectivity index (χ0) is 15.7. The molecule has 1 aromatic heterocycles. The van der Waals surface area contributed by atoms with Gasteiger partial charge in [-0.15, -0.1) is 0 Å². The van der Waals surface area contributed by atoms with Crippen LogP contribution in [-0.2, 0) is 11.3 Å². The lowest BCUT2D eigenvalue weighted by Crippen LogP contribution is -2.50. The number of rotatable bonds is 4. The number of aromatic nitrogens is 2. The van der Waals surface area contributed by atoms with Gasteiger partial charge in [-0.3, -0.25) is 9.48 Å². The van der Waals surface area contributed by atoms with Gasteiger partial charge in [0.1, 0.15) is 0 Å². The van der Waals surface area contributed by atoms with E-state index in [0.29, 0.717) is 5.92 Å². The average Bonchev–Trinajstić information content (AvgIpc) is 2.77. The fourth-order valence-electron chi connectivity index (χ4n) is 3.81. The third-order valence-corrected chi connectivity index (χ3v) is 5.15. The van der Waals surface area contributed by atoms with Crippen LogP contribution in [0.25, 0.3) is 0 Å². The van der Waals surface area contributed by atoms with Crippen LogP contribution in [0.4, 0.5) is 0 Å². The first-order valence-electron chi connectivity index (χ1n) is 8.51. The fourth-order valence-corrected chi connectivity index (χ4v) is 3.81. The van der Waals surface area contributed by atoms with Crippen LogP contribution in [0.1, 0.15) is 47.9 Å². The van der Waals surface area contributed by atoms with Gasteiger partial charge in [0.25, 0.3) is 5.91 Å². The van der Waals surface area contributed by atoms with Gasteiger partial charge in [0.05, 0.1) is 11.3 Å². The van der Waals surface area contributed by atoms with Crippen molar-refractivity contribution in [2.45, 2.75) is 46.6 Å². The minimum absolute atomic E-state index is 0.165. The molecule has 2 aliphatic rings. The Hall–Kier alpha value is -1.36. The van der Waals surface area contributed by atoms with Crippen LogP contribution in [0, 0.1) is 25.7 Å². The smallest absolute Gasteiger partial charge is 0.257 e. The predicted octanol–water partition coefficient (Wildman–Crippen LogP) is 2.41. The second kappa shape index (κ2) is 6.41. The first kappa shape index (κ1) is 15.5. The van der Waals surface area contributed by atoms with E-state index in [-0.39, 0.29) is 5.91 Å². The van der Waals surface area contributed by atoms with Gasteiger partial charge < -0.3 is 9.64 Å². The highest BCUT2D eigenvalue weighted by Crippen LogP contribution is 2.30. The van der Waals surface area contributed by atoms with Gasteiger partial charge in [-0.25, -0.2) is 0 Å². The molecule has 1 amide bonds. The van der Waals surface area contributed by atoms with Crippen LogP contribution in [0.2, 0.25) is 0 Å². The molecule has 0 spiro atoms. The molecule has 0 atom stereocenters. The molecule has 0 radical (unpaired) electrons. The Morgan fingerprint density at radius 3 is 2.50 bits per heavy atom. The van der Waals surface area contributed by atoms with Crippen LogP contribution >= 0.6 is 0 Å². The fraction of sp³-hybridized carbons (Fsp3) is 0.765. The third-order valence-electron chi connectivity index (χ3n) is 5.15. The molecule has 2 saturated heterocycles. The van der Waals surface area contributed by atoms with Crippen LogP contribution < -0.4 is 0 Å². The van der Waals surface area contributed by atoms with Gasteiger partial charge >= 0.3 is 0 Å². The van der Waals surface area contributed by atoms with Gasteiger partial charge in [0.2, 0.25) is 0 Å². The van der Waals surface area contributed by atoms with Gasteiger partial charge in [-0.1, -0.05) is 0 Å². The molecule has 5 heteroatoms. The quantitative estimate of drug-likeness (QED) is 0.858. The summed E-state index contributed by atoms with van der Waals surface area (Å²) in [5, 5.41) is 4.46. The standard InChI is InChI=1S/C17H27N3O2/c1-4-20-13(3)16(12(2)18-20)17(21)19-10-15(11-19)9-14-5-7-22-8-6-14/h14-15H,4-11H2,1-3H3. The average molecular weight is 305 g/mol. The first-order chi connectivity index (χ1) is 10.6. The predicted molar refractivity (Wildman–Crippen MR) is 84.9 cm³/mol. The van der Waals surface area contributed by atoms with Crippen molar-refractivity contribution in [1.82, 2.24) is 14.7 Å². The van der Waals surface area contributed by atoms with Crippen LogP contribution in [0.5, 0.6) is 0 Å². The Morgan fingerprint density at radius 1 is 1.23 bits per heavy atom. The molecule has 3 rings (SSSR count). The highest BCUT2D eigenvalue weighted by Gasteiger charge is 2.35. The van der Waals surface area contributed by atoms with E-state index in [1.165, 1.54) is 19.3 Å². The zero-order valence-electron chi connectivity index (χ0n) is 14.0. The van der Waals surface area contributed by atoms with Crippen LogP contribution in [-0.4, -0.2) is 46.9 Å². The van der Waals surface area contributed by atoms with E-state index in [0.717, 1.165) is 55.7 Å². The molecule has 122 valence electrons. The monoisotopic (exact) mass is 305 g/mol. The maximum absolute atomic E-state index is 12.7. The largest absolute Gasteiger partial charge is 0.381 e. The number of aryl methyl sites for hydroxylation is 2. The molecule has 3 heterocycles. The minimum Gasteiger partial charge on any atom is -0.381 e. The number of hydrogen-bond donors (Lipinski definition) is 0. The minimum atomic E-state index is 0.165. The number of hydrogen-bond acceptors (Lipinski definition) is 3. The van der Waals surface area contributed by atoms with Crippen molar-refractivity contribution in [3.8, 4) is 0 Å². The Bertz CT molecular complexity index is 540. The molecule has 2 fully saturated rings. The summed E-state index contributed by atoms with van der Waals surface area (Å²) in [5.74, 6) is 1.63.